The molecule has 1 N–H and O–H groups in total. The number of imidazole rings is 1. The molecular weight excluding hydrogens is 374 g/mol. The lowest BCUT2D eigenvalue weighted by atomic mass is 9.87. The van der Waals surface area contributed by atoms with Crippen LogP contribution in [0.15, 0.2) is 41.3 Å². The molecule has 1 aliphatic heterocycles. The number of halogens is 1. The second-order valence-electron chi connectivity index (χ2n) is 6.10. The zero-order valence-electron chi connectivity index (χ0n) is 13.2. The number of carboxylic acids is 1. The molecule has 0 saturated carbocycles. The summed E-state index contributed by atoms with van der Waals surface area (Å²) in [6.45, 7) is 2.77. The normalized spacial score (nSPS) is 20.8. The molecule has 1 amide bonds. The Morgan fingerprint density at radius 1 is 1.29 bits per heavy atom. The van der Waals surface area contributed by atoms with Gasteiger partial charge in [-0.25, -0.2) is 4.98 Å². The van der Waals surface area contributed by atoms with Gasteiger partial charge in [0.25, 0.3) is 5.91 Å². The summed E-state index contributed by atoms with van der Waals surface area (Å²) in [5.74, 6) is -1.38. The molecule has 0 aliphatic carbocycles. The predicted octanol–water partition coefficient (Wildman–Crippen LogP) is 2.82. The van der Waals surface area contributed by atoms with E-state index in [-0.39, 0.29) is 17.7 Å². The van der Waals surface area contributed by atoms with Gasteiger partial charge < -0.3 is 14.6 Å². The lowest BCUT2D eigenvalue weighted by molar-refractivity contribution is -0.145. The summed E-state index contributed by atoms with van der Waals surface area (Å²) >= 11 is 3.39. The summed E-state index contributed by atoms with van der Waals surface area (Å²) in [7, 11) is 0. The monoisotopic (exact) mass is 391 g/mol. The number of hydrogen-bond acceptors (Lipinski definition) is 3. The van der Waals surface area contributed by atoms with Gasteiger partial charge in [0.15, 0.2) is 0 Å². The molecule has 2 heterocycles. The predicted molar refractivity (Wildman–Crippen MR) is 92.1 cm³/mol. The first kappa shape index (κ1) is 16.7. The number of carbonyl (C=O) groups excluding carboxylic acids is 1. The van der Waals surface area contributed by atoms with Crippen LogP contribution in [-0.2, 0) is 4.79 Å². The van der Waals surface area contributed by atoms with Gasteiger partial charge in [-0.05, 0) is 36.6 Å². The molecule has 6 nitrogen and oxygen atoms in total. The standard InChI is InChI=1S/C17H18BrN3O3/c1-11-8-20(7-6-14(11)17(23)24)16(22)15-9-21(10-19-15)13-4-2-12(18)3-5-13/h2-5,9-11,14H,6-8H2,1H3,(H,23,24). The Labute approximate surface area is 148 Å². The fourth-order valence-electron chi connectivity index (χ4n) is 3.05. The van der Waals surface area contributed by atoms with Crippen LogP contribution in [0.1, 0.15) is 23.8 Å². The zero-order chi connectivity index (χ0) is 17.3. The molecule has 3 rings (SSSR count). The minimum atomic E-state index is -0.783. The number of piperidine rings is 1. The van der Waals surface area contributed by atoms with Crippen molar-refractivity contribution < 1.29 is 14.7 Å². The Hall–Kier alpha value is -2.15. The Bertz CT molecular complexity index is 757. The molecule has 1 aliphatic rings. The average molecular weight is 392 g/mol. The number of hydrogen-bond donors (Lipinski definition) is 1. The second-order valence-corrected chi connectivity index (χ2v) is 7.02. The van der Waals surface area contributed by atoms with E-state index >= 15 is 0 Å². The summed E-state index contributed by atoms with van der Waals surface area (Å²) in [6.07, 6.45) is 3.80. The minimum absolute atomic E-state index is 0.0613. The molecule has 126 valence electrons. The van der Waals surface area contributed by atoms with Crippen molar-refractivity contribution in [1.82, 2.24) is 14.5 Å². The highest BCUT2D eigenvalue weighted by atomic mass is 79.9. The van der Waals surface area contributed by atoms with Crippen molar-refractivity contribution in [2.45, 2.75) is 13.3 Å². The van der Waals surface area contributed by atoms with E-state index in [2.05, 4.69) is 20.9 Å². The molecule has 1 fully saturated rings. The smallest absolute Gasteiger partial charge is 0.306 e. The molecule has 1 saturated heterocycles. The summed E-state index contributed by atoms with van der Waals surface area (Å²) in [5.41, 5.74) is 1.29. The fourth-order valence-corrected chi connectivity index (χ4v) is 3.31. The Balaban J connectivity index is 1.72. The SMILES string of the molecule is CC1CN(C(=O)c2cn(-c3ccc(Br)cc3)cn2)CCC1C(=O)O. The lowest BCUT2D eigenvalue weighted by Crippen LogP contribution is -2.45. The minimum Gasteiger partial charge on any atom is -0.481 e. The maximum absolute atomic E-state index is 12.6. The fraction of sp³-hybridized carbons (Fsp3) is 0.353. The van der Waals surface area contributed by atoms with Crippen LogP contribution >= 0.6 is 15.9 Å². The molecule has 7 heteroatoms. The number of benzene rings is 1. The van der Waals surface area contributed by atoms with Crippen LogP contribution in [-0.4, -0.2) is 44.5 Å². The van der Waals surface area contributed by atoms with Gasteiger partial charge in [-0.1, -0.05) is 22.9 Å². The van der Waals surface area contributed by atoms with E-state index in [1.165, 1.54) is 0 Å². The van der Waals surface area contributed by atoms with Crippen LogP contribution in [0.2, 0.25) is 0 Å². The van der Waals surface area contributed by atoms with Gasteiger partial charge in [-0.2, -0.15) is 0 Å². The van der Waals surface area contributed by atoms with Crippen molar-refractivity contribution in [3.8, 4) is 5.69 Å². The van der Waals surface area contributed by atoms with Crippen LogP contribution < -0.4 is 0 Å². The van der Waals surface area contributed by atoms with E-state index in [1.54, 1.807) is 22.0 Å². The number of nitrogens with zero attached hydrogens (tertiary/aromatic N) is 3. The molecule has 0 spiro atoms. The van der Waals surface area contributed by atoms with Gasteiger partial charge in [0.05, 0.1) is 5.92 Å². The summed E-state index contributed by atoms with van der Waals surface area (Å²) in [6, 6.07) is 7.71. The Kier molecular flexibility index (Phi) is 4.71. The van der Waals surface area contributed by atoms with E-state index in [1.807, 2.05) is 31.2 Å². The first-order valence-electron chi connectivity index (χ1n) is 7.77. The molecule has 2 aromatic rings. The maximum Gasteiger partial charge on any atom is 0.306 e. The maximum atomic E-state index is 12.6. The molecule has 24 heavy (non-hydrogen) atoms. The van der Waals surface area contributed by atoms with Crippen molar-refractivity contribution in [1.29, 1.82) is 0 Å². The van der Waals surface area contributed by atoms with Crippen molar-refractivity contribution in [3.05, 3.63) is 47.0 Å². The molecule has 2 atom stereocenters. The third-order valence-electron chi connectivity index (χ3n) is 4.44. The molecule has 2 unspecified atom stereocenters. The van der Waals surface area contributed by atoms with Crippen LogP contribution in [0.3, 0.4) is 0 Å². The van der Waals surface area contributed by atoms with Gasteiger partial charge >= 0.3 is 5.97 Å². The van der Waals surface area contributed by atoms with E-state index in [0.717, 1.165) is 10.2 Å². The molecule has 1 aromatic carbocycles. The number of aliphatic carboxylic acids is 1. The highest BCUT2D eigenvalue weighted by Gasteiger charge is 2.33. The zero-order valence-corrected chi connectivity index (χ0v) is 14.8. The molecule has 0 radical (unpaired) electrons. The van der Waals surface area contributed by atoms with Gasteiger partial charge in [0.2, 0.25) is 0 Å². The highest BCUT2D eigenvalue weighted by molar-refractivity contribution is 9.10. The van der Waals surface area contributed by atoms with E-state index in [0.29, 0.717) is 25.2 Å². The molecule has 1 aromatic heterocycles. The second kappa shape index (κ2) is 6.76. The third-order valence-corrected chi connectivity index (χ3v) is 4.96. The van der Waals surface area contributed by atoms with Crippen LogP contribution in [0.5, 0.6) is 0 Å². The first-order chi connectivity index (χ1) is 11.5. The number of carboxylic acid groups (broad SMARTS) is 1. The number of carbonyl (C=O) groups is 2. The number of aromatic nitrogens is 2. The number of amides is 1. The molecular formula is C17H18BrN3O3. The van der Waals surface area contributed by atoms with Crippen LogP contribution in [0.4, 0.5) is 0 Å². The van der Waals surface area contributed by atoms with Gasteiger partial charge in [0.1, 0.15) is 12.0 Å². The molecule has 0 bridgehead atoms. The quantitative estimate of drug-likeness (QED) is 0.872. The van der Waals surface area contributed by atoms with Crippen molar-refractivity contribution in [2.75, 3.05) is 13.1 Å². The Morgan fingerprint density at radius 3 is 2.62 bits per heavy atom. The van der Waals surface area contributed by atoms with E-state index in [4.69, 9.17) is 0 Å². The van der Waals surface area contributed by atoms with Crippen LogP contribution in [0, 0.1) is 11.8 Å². The lowest BCUT2D eigenvalue weighted by Gasteiger charge is -2.34. The first-order valence-corrected chi connectivity index (χ1v) is 8.57. The van der Waals surface area contributed by atoms with Gasteiger partial charge in [-0.15, -0.1) is 0 Å². The van der Waals surface area contributed by atoms with Crippen molar-refractivity contribution in [3.63, 3.8) is 0 Å². The van der Waals surface area contributed by atoms with Crippen molar-refractivity contribution >= 4 is 27.8 Å². The highest BCUT2D eigenvalue weighted by Crippen LogP contribution is 2.24. The summed E-state index contributed by atoms with van der Waals surface area (Å²) in [4.78, 5) is 29.7. The van der Waals surface area contributed by atoms with Crippen LogP contribution in [0.25, 0.3) is 5.69 Å². The number of rotatable bonds is 3. The Morgan fingerprint density at radius 2 is 2.00 bits per heavy atom. The summed E-state index contributed by atoms with van der Waals surface area (Å²) < 4.78 is 2.78. The average Bonchev–Trinajstić information content (AvgIpc) is 3.04. The van der Waals surface area contributed by atoms with Gasteiger partial charge in [-0.3, -0.25) is 9.59 Å². The topological polar surface area (TPSA) is 75.4 Å². The van der Waals surface area contributed by atoms with E-state index < -0.39 is 5.97 Å². The third kappa shape index (κ3) is 3.36. The van der Waals surface area contributed by atoms with Gasteiger partial charge in [0, 0.05) is 29.4 Å². The number of likely N-dealkylation sites (tertiary alicyclic amines) is 1. The summed E-state index contributed by atoms with van der Waals surface area (Å²) in [5, 5.41) is 9.18. The largest absolute Gasteiger partial charge is 0.481 e. The van der Waals surface area contributed by atoms with E-state index in [9.17, 15) is 14.7 Å². The van der Waals surface area contributed by atoms with Crippen molar-refractivity contribution in [2.24, 2.45) is 11.8 Å².